The van der Waals surface area contributed by atoms with Crippen molar-refractivity contribution in [2.45, 2.75) is 51.0 Å². The molecule has 5 heteroatoms. The van der Waals surface area contributed by atoms with E-state index in [1.165, 1.54) is 42.2 Å². The topological polar surface area (TPSA) is 44.1 Å². The molecule has 4 nitrogen and oxygen atoms in total. The summed E-state index contributed by atoms with van der Waals surface area (Å²) in [5.41, 5.74) is 3.73. The van der Waals surface area contributed by atoms with Gasteiger partial charge in [-0.15, -0.1) is 0 Å². The van der Waals surface area contributed by atoms with Gasteiger partial charge in [-0.05, 0) is 74.3 Å². The number of rotatable bonds is 6. The monoisotopic (exact) mass is 354 g/mol. The fraction of sp³-hybridized carbons (Fsp3) is 0.429. The van der Waals surface area contributed by atoms with Crippen molar-refractivity contribution in [3.8, 4) is 5.75 Å². The van der Waals surface area contributed by atoms with Gasteiger partial charge in [0.2, 0.25) is 0 Å². The SMILES string of the molecule is O=Cc1c(F)cccc1OCC1=C(c2ccnn2C2CCC2)CCCC1. The van der Waals surface area contributed by atoms with Crippen molar-refractivity contribution < 1.29 is 13.9 Å². The van der Waals surface area contributed by atoms with E-state index in [4.69, 9.17) is 4.74 Å². The fourth-order valence-electron chi connectivity index (χ4n) is 3.83. The molecule has 0 aliphatic heterocycles. The second-order valence-corrected chi connectivity index (χ2v) is 7.09. The van der Waals surface area contributed by atoms with E-state index in [1.54, 1.807) is 12.1 Å². The smallest absolute Gasteiger partial charge is 0.156 e. The number of carbonyl (C=O) groups is 1. The zero-order valence-corrected chi connectivity index (χ0v) is 14.8. The lowest BCUT2D eigenvalue weighted by Crippen LogP contribution is -2.21. The molecule has 2 aromatic rings. The fourth-order valence-corrected chi connectivity index (χ4v) is 3.83. The maximum absolute atomic E-state index is 13.8. The minimum atomic E-state index is -0.543. The lowest BCUT2D eigenvalue weighted by molar-refractivity contribution is 0.111. The highest BCUT2D eigenvalue weighted by Gasteiger charge is 2.25. The Morgan fingerprint density at radius 3 is 2.81 bits per heavy atom. The Morgan fingerprint density at radius 2 is 2.04 bits per heavy atom. The van der Waals surface area contributed by atoms with Crippen molar-refractivity contribution in [1.29, 1.82) is 0 Å². The van der Waals surface area contributed by atoms with Gasteiger partial charge in [-0.25, -0.2) is 4.39 Å². The maximum atomic E-state index is 13.8. The average Bonchev–Trinajstić information content (AvgIpc) is 3.07. The van der Waals surface area contributed by atoms with E-state index >= 15 is 0 Å². The van der Waals surface area contributed by atoms with Crippen LogP contribution in [0, 0.1) is 5.82 Å². The van der Waals surface area contributed by atoms with Gasteiger partial charge in [-0.1, -0.05) is 6.07 Å². The highest BCUT2D eigenvalue weighted by Crippen LogP contribution is 2.38. The molecule has 0 amide bonds. The summed E-state index contributed by atoms with van der Waals surface area (Å²) in [7, 11) is 0. The number of allylic oxidation sites excluding steroid dienone is 1. The molecule has 2 aliphatic carbocycles. The molecule has 1 heterocycles. The van der Waals surface area contributed by atoms with E-state index in [2.05, 4.69) is 15.8 Å². The molecule has 1 aromatic carbocycles. The number of carbonyl (C=O) groups excluding carboxylic acids is 1. The van der Waals surface area contributed by atoms with Crippen molar-refractivity contribution >= 4 is 11.9 Å². The van der Waals surface area contributed by atoms with Crippen LogP contribution in [-0.4, -0.2) is 22.7 Å². The second kappa shape index (κ2) is 7.44. The summed E-state index contributed by atoms with van der Waals surface area (Å²) in [5, 5.41) is 4.55. The van der Waals surface area contributed by atoms with Crippen LogP contribution in [0.4, 0.5) is 4.39 Å². The van der Waals surface area contributed by atoms with Gasteiger partial charge in [-0.2, -0.15) is 5.10 Å². The minimum Gasteiger partial charge on any atom is -0.488 e. The van der Waals surface area contributed by atoms with Crippen molar-refractivity contribution in [3.05, 3.63) is 53.1 Å². The molecule has 1 aromatic heterocycles. The number of ether oxygens (including phenoxy) is 1. The summed E-state index contributed by atoms with van der Waals surface area (Å²) < 4.78 is 21.8. The number of hydrogen-bond acceptors (Lipinski definition) is 3. The molecule has 0 saturated heterocycles. The second-order valence-electron chi connectivity index (χ2n) is 7.09. The van der Waals surface area contributed by atoms with Gasteiger partial charge in [-0.3, -0.25) is 9.48 Å². The van der Waals surface area contributed by atoms with Gasteiger partial charge >= 0.3 is 0 Å². The molecule has 0 unspecified atom stereocenters. The molecule has 4 rings (SSSR count). The van der Waals surface area contributed by atoms with Gasteiger partial charge in [0, 0.05) is 6.20 Å². The molecule has 2 aliphatic rings. The minimum absolute atomic E-state index is 0.00929. The summed E-state index contributed by atoms with van der Waals surface area (Å²) >= 11 is 0. The summed E-state index contributed by atoms with van der Waals surface area (Å²) in [6, 6.07) is 7.10. The van der Waals surface area contributed by atoms with E-state index in [9.17, 15) is 9.18 Å². The highest BCUT2D eigenvalue weighted by molar-refractivity contribution is 5.79. The van der Waals surface area contributed by atoms with Crippen LogP contribution < -0.4 is 4.74 Å². The molecule has 26 heavy (non-hydrogen) atoms. The van der Waals surface area contributed by atoms with Crippen molar-refractivity contribution in [2.24, 2.45) is 0 Å². The maximum Gasteiger partial charge on any atom is 0.156 e. The van der Waals surface area contributed by atoms with Crippen LogP contribution in [0.25, 0.3) is 5.57 Å². The van der Waals surface area contributed by atoms with Crippen LogP contribution in [0.15, 0.2) is 36.0 Å². The van der Waals surface area contributed by atoms with Crippen LogP contribution in [-0.2, 0) is 0 Å². The van der Waals surface area contributed by atoms with E-state index in [1.807, 2.05) is 6.20 Å². The Hall–Kier alpha value is -2.43. The first-order valence-corrected chi connectivity index (χ1v) is 9.39. The standard InChI is InChI=1S/C21H23FN2O2/c22-19-9-4-10-21(18(19)13-25)26-14-15-5-1-2-8-17(15)20-11-12-23-24(20)16-6-3-7-16/h4,9-13,16H,1-3,5-8,14H2. The van der Waals surface area contributed by atoms with Gasteiger partial charge in [0.1, 0.15) is 18.2 Å². The first-order chi connectivity index (χ1) is 12.8. The van der Waals surface area contributed by atoms with E-state index in [0.717, 1.165) is 25.7 Å². The van der Waals surface area contributed by atoms with E-state index in [0.29, 0.717) is 24.7 Å². The van der Waals surface area contributed by atoms with Crippen LogP contribution >= 0.6 is 0 Å². The predicted octanol–water partition coefficient (Wildman–Crippen LogP) is 4.97. The quantitative estimate of drug-likeness (QED) is 0.688. The Kier molecular flexibility index (Phi) is 4.87. The molecule has 0 N–H and O–H groups in total. The highest BCUT2D eigenvalue weighted by atomic mass is 19.1. The third-order valence-electron chi connectivity index (χ3n) is 5.51. The number of benzene rings is 1. The van der Waals surface area contributed by atoms with Crippen LogP contribution in [0.2, 0.25) is 0 Å². The summed E-state index contributed by atoms with van der Waals surface area (Å²) in [4.78, 5) is 11.2. The molecule has 0 atom stereocenters. The van der Waals surface area contributed by atoms with E-state index in [-0.39, 0.29) is 5.56 Å². The first kappa shape index (κ1) is 17.0. The first-order valence-electron chi connectivity index (χ1n) is 9.39. The Balaban J connectivity index is 1.60. The number of nitrogens with zero attached hydrogens (tertiary/aromatic N) is 2. The largest absolute Gasteiger partial charge is 0.488 e. The average molecular weight is 354 g/mol. The molecular formula is C21H23FN2O2. The van der Waals surface area contributed by atoms with Gasteiger partial charge in [0.25, 0.3) is 0 Å². The van der Waals surface area contributed by atoms with Crippen LogP contribution in [0.5, 0.6) is 5.75 Å². The summed E-state index contributed by atoms with van der Waals surface area (Å²) in [5.74, 6) is -0.233. The molecule has 0 bridgehead atoms. The van der Waals surface area contributed by atoms with Crippen molar-refractivity contribution in [3.63, 3.8) is 0 Å². The van der Waals surface area contributed by atoms with Gasteiger partial charge in [0.15, 0.2) is 6.29 Å². The predicted molar refractivity (Wildman–Crippen MR) is 97.8 cm³/mol. The lowest BCUT2D eigenvalue weighted by Gasteiger charge is -2.29. The number of halogens is 1. The Labute approximate surface area is 152 Å². The third kappa shape index (κ3) is 3.18. The number of aromatic nitrogens is 2. The molecular weight excluding hydrogens is 331 g/mol. The van der Waals surface area contributed by atoms with Crippen LogP contribution in [0.1, 0.15) is 67.0 Å². The molecule has 0 spiro atoms. The third-order valence-corrected chi connectivity index (χ3v) is 5.51. The van der Waals surface area contributed by atoms with Crippen molar-refractivity contribution in [1.82, 2.24) is 9.78 Å². The summed E-state index contributed by atoms with van der Waals surface area (Å²) in [6.45, 7) is 0.384. The molecule has 0 radical (unpaired) electrons. The molecule has 136 valence electrons. The summed E-state index contributed by atoms with van der Waals surface area (Å²) in [6.07, 6.45) is 10.3. The Morgan fingerprint density at radius 1 is 1.19 bits per heavy atom. The van der Waals surface area contributed by atoms with Gasteiger partial charge in [0.05, 0.1) is 17.3 Å². The zero-order valence-electron chi connectivity index (χ0n) is 14.8. The Bertz CT molecular complexity index is 836. The lowest BCUT2D eigenvalue weighted by atomic mass is 9.88. The van der Waals surface area contributed by atoms with Crippen LogP contribution in [0.3, 0.4) is 0 Å². The number of aldehydes is 1. The number of hydrogen-bond donors (Lipinski definition) is 0. The van der Waals surface area contributed by atoms with Crippen molar-refractivity contribution in [2.75, 3.05) is 6.61 Å². The van der Waals surface area contributed by atoms with Gasteiger partial charge < -0.3 is 4.74 Å². The molecule has 1 saturated carbocycles. The molecule has 1 fully saturated rings. The normalized spacial score (nSPS) is 17.9. The van der Waals surface area contributed by atoms with E-state index < -0.39 is 5.82 Å². The zero-order chi connectivity index (χ0) is 17.9.